The van der Waals surface area contributed by atoms with Crippen molar-refractivity contribution >= 4 is 11.7 Å². The Labute approximate surface area is 207 Å². The highest BCUT2D eigenvalue weighted by molar-refractivity contribution is 5.99. The molecule has 36 heavy (non-hydrogen) atoms. The van der Waals surface area contributed by atoms with Gasteiger partial charge in [-0.25, -0.2) is 13.5 Å². The molecule has 192 valence electrons. The normalized spacial score (nSPS) is 18.9. The van der Waals surface area contributed by atoms with Crippen molar-refractivity contribution < 1.29 is 23.4 Å². The summed E-state index contributed by atoms with van der Waals surface area (Å²) in [5, 5.41) is 21.5. The van der Waals surface area contributed by atoms with Crippen LogP contribution < -0.4 is 16.4 Å². The quantitative estimate of drug-likeness (QED) is 0.314. The number of benzene rings is 2. The Morgan fingerprint density at radius 3 is 2.64 bits per heavy atom. The van der Waals surface area contributed by atoms with Crippen molar-refractivity contribution in [2.75, 3.05) is 38.7 Å². The molecule has 1 saturated heterocycles. The van der Waals surface area contributed by atoms with E-state index in [2.05, 4.69) is 20.6 Å². The van der Waals surface area contributed by atoms with Crippen molar-refractivity contribution in [1.82, 2.24) is 20.0 Å². The third kappa shape index (κ3) is 5.54. The number of hydrogen-bond donors (Lipinski definition) is 4. The molecule has 0 bridgehead atoms. The highest BCUT2D eigenvalue weighted by Crippen LogP contribution is 2.30. The van der Waals surface area contributed by atoms with Gasteiger partial charge in [-0.15, -0.1) is 0 Å². The van der Waals surface area contributed by atoms with Crippen molar-refractivity contribution in [2.24, 2.45) is 5.73 Å². The van der Waals surface area contributed by atoms with Crippen molar-refractivity contribution in [3.8, 4) is 5.69 Å². The number of rotatable bonds is 10. The van der Waals surface area contributed by atoms with Gasteiger partial charge in [0.05, 0.1) is 18.0 Å². The fourth-order valence-corrected chi connectivity index (χ4v) is 4.62. The average Bonchev–Trinajstić information content (AvgIpc) is 3.40. The van der Waals surface area contributed by atoms with E-state index in [0.717, 1.165) is 6.07 Å². The van der Waals surface area contributed by atoms with E-state index in [9.17, 15) is 18.7 Å². The molecule has 5 N–H and O–H groups in total. The van der Waals surface area contributed by atoms with Crippen LogP contribution in [0.15, 0.2) is 48.5 Å². The first-order chi connectivity index (χ1) is 17.3. The molecule has 1 aliphatic rings. The average molecular weight is 501 g/mol. The van der Waals surface area contributed by atoms with Crippen molar-refractivity contribution in [1.29, 1.82) is 0 Å². The van der Waals surface area contributed by atoms with Gasteiger partial charge in [0.15, 0.2) is 18.0 Å². The summed E-state index contributed by atoms with van der Waals surface area (Å²) in [7, 11) is 1.61. The van der Waals surface area contributed by atoms with E-state index in [1.807, 2.05) is 30.3 Å². The minimum absolute atomic E-state index is 0.157. The lowest BCUT2D eigenvalue weighted by molar-refractivity contribution is 0.1000. The molecular formula is C25H30F2N6O3. The zero-order valence-corrected chi connectivity index (χ0v) is 20.1. The van der Waals surface area contributed by atoms with Gasteiger partial charge in [0.2, 0.25) is 0 Å². The van der Waals surface area contributed by atoms with Crippen LogP contribution in [-0.4, -0.2) is 71.4 Å². The van der Waals surface area contributed by atoms with Crippen LogP contribution >= 0.6 is 0 Å². The number of nitrogens with one attached hydrogen (secondary N) is 2. The topological polar surface area (TPSA) is 118 Å². The lowest BCUT2D eigenvalue weighted by Gasteiger charge is -2.25. The van der Waals surface area contributed by atoms with Crippen LogP contribution in [0.3, 0.4) is 0 Å². The van der Waals surface area contributed by atoms with Crippen LogP contribution in [0, 0.1) is 18.6 Å². The number of halogens is 2. The van der Waals surface area contributed by atoms with Gasteiger partial charge in [0.1, 0.15) is 11.4 Å². The maximum absolute atomic E-state index is 14.0. The second-order valence-corrected chi connectivity index (χ2v) is 8.77. The van der Waals surface area contributed by atoms with Gasteiger partial charge in [0, 0.05) is 38.7 Å². The predicted molar refractivity (Wildman–Crippen MR) is 131 cm³/mol. The fraction of sp³-hybridized carbons (Fsp3) is 0.360. The largest absolute Gasteiger partial charge is 0.383 e. The first-order valence-electron chi connectivity index (χ1n) is 11.6. The molecule has 0 saturated carbocycles. The number of anilines is 1. The number of nitrogens with zero attached hydrogens (tertiary/aromatic N) is 3. The van der Waals surface area contributed by atoms with Gasteiger partial charge in [-0.2, -0.15) is 5.10 Å². The summed E-state index contributed by atoms with van der Waals surface area (Å²) in [6.45, 7) is 3.91. The number of para-hydroxylation sites is 1. The number of aliphatic hydroxyl groups is 1. The van der Waals surface area contributed by atoms with Gasteiger partial charge in [-0.1, -0.05) is 24.3 Å². The Morgan fingerprint density at radius 2 is 1.97 bits per heavy atom. The van der Waals surface area contributed by atoms with Crippen LogP contribution in [0.4, 0.5) is 14.6 Å². The van der Waals surface area contributed by atoms with Crippen LogP contribution in [0.5, 0.6) is 0 Å². The highest BCUT2D eigenvalue weighted by Gasteiger charge is 2.35. The summed E-state index contributed by atoms with van der Waals surface area (Å²) in [5.41, 5.74) is 7.47. The van der Waals surface area contributed by atoms with E-state index in [1.165, 1.54) is 10.7 Å². The Morgan fingerprint density at radius 1 is 1.22 bits per heavy atom. The highest BCUT2D eigenvalue weighted by atomic mass is 19.2. The number of carbonyl (C=O) groups is 1. The monoisotopic (exact) mass is 500 g/mol. The molecule has 2 heterocycles. The van der Waals surface area contributed by atoms with Gasteiger partial charge < -0.3 is 20.9 Å². The fourth-order valence-electron chi connectivity index (χ4n) is 4.62. The molecule has 0 aliphatic carbocycles. The van der Waals surface area contributed by atoms with E-state index >= 15 is 0 Å². The Kier molecular flexibility index (Phi) is 7.94. The number of hydrogen-bond acceptors (Lipinski definition) is 7. The van der Waals surface area contributed by atoms with Gasteiger partial charge in [-0.05, 0) is 36.8 Å². The van der Waals surface area contributed by atoms with Gasteiger partial charge >= 0.3 is 0 Å². The van der Waals surface area contributed by atoms with E-state index in [0.29, 0.717) is 43.2 Å². The predicted octanol–water partition coefficient (Wildman–Crippen LogP) is 1.95. The number of nitrogens with two attached hydrogens (primary N) is 1. The lowest BCUT2D eigenvalue weighted by Crippen LogP contribution is -2.47. The number of amides is 1. The molecule has 9 nitrogen and oxygen atoms in total. The number of aromatic nitrogens is 2. The van der Waals surface area contributed by atoms with Crippen molar-refractivity contribution in [3.63, 3.8) is 0 Å². The number of methoxy groups -OCH3 is 1. The molecule has 3 aromatic rings. The molecule has 1 unspecified atom stereocenters. The van der Waals surface area contributed by atoms with Crippen LogP contribution in [0.25, 0.3) is 5.69 Å². The minimum atomic E-state index is -1.30. The van der Waals surface area contributed by atoms with Crippen LogP contribution in [-0.2, 0) is 4.74 Å². The van der Waals surface area contributed by atoms with Gasteiger partial charge in [-0.3, -0.25) is 15.0 Å². The lowest BCUT2D eigenvalue weighted by atomic mass is 9.94. The van der Waals surface area contributed by atoms with Crippen molar-refractivity contribution in [2.45, 2.75) is 25.2 Å². The van der Waals surface area contributed by atoms with E-state index in [4.69, 9.17) is 10.5 Å². The number of likely N-dealkylation sites (tertiary alicyclic amines) is 1. The maximum atomic E-state index is 14.0. The Balaban J connectivity index is 1.59. The summed E-state index contributed by atoms with van der Waals surface area (Å²) in [4.78, 5) is 14.3. The molecule has 11 heteroatoms. The Hall–Kier alpha value is -3.38. The third-order valence-corrected chi connectivity index (χ3v) is 6.33. The summed E-state index contributed by atoms with van der Waals surface area (Å²) in [6.07, 6.45) is -1.30. The number of aliphatic hydroxyl groups excluding tert-OH is 1. The first-order valence-corrected chi connectivity index (χ1v) is 11.6. The number of ether oxygens (including phenoxy) is 1. The van der Waals surface area contributed by atoms with Crippen LogP contribution in [0.2, 0.25) is 0 Å². The first kappa shape index (κ1) is 25.7. The molecule has 0 radical (unpaired) electrons. The molecule has 1 aliphatic heterocycles. The zero-order valence-electron chi connectivity index (χ0n) is 20.1. The molecular weight excluding hydrogens is 470 g/mol. The molecule has 1 aromatic heterocycles. The molecule has 4 rings (SSSR count). The maximum Gasteiger partial charge on any atom is 0.254 e. The number of primary amides is 1. The van der Waals surface area contributed by atoms with Crippen molar-refractivity contribution in [3.05, 3.63) is 77.0 Å². The number of aryl methyl sites for hydroxylation is 1. The standard InChI is InChI=1S/C25H30F2N6O3/c1-15-22(23(28)34)24(33(31-15)17-6-4-3-5-7-17)30-25(35)29-21-14-32(10-11-36-2)13-18(21)16-8-9-19(26)20(27)12-16/h3-9,12,18,21,25,29-30,35H,10-11,13-14H2,1-2H3,(H2,28,34)/t18-,21+,25?/m0/s1. The zero-order chi connectivity index (χ0) is 25.8. The van der Waals surface area contributed by atoms with Crippen LogP contribution in [0.1, 0.15) is 27.5 Å². The minimum Gasteiger partial charge on any atom is -0.383 e. The second kappa shape index (κ2) is 11.1. The van der Waals surface area contributed by atoms with E-state index in [-0.39, 0.29) is 23.3 Å². The molecule has 1 amide bonds. The SMILES string of the molecule is COCCN1C[C@@H](NC(O)Nc2c(C(N)=O)c(C)nn2-c2ccccc2)[C@H](c2ccc(F)c(F)c2)C1. The van der Waals surface area contributed by atoms with E-state index < -0.39 is 23.9 Å². The summed E-state index contributed by atoms with van der Waals surface area (Å²) >= 11 is 0. The molecule has 2 aromatic carbocycles. The second-order valence-electron chi connectivity index (χ2n) is 8.77. The smallest absolute Gasteiger partial charge is 0.254 e. The summed E-state index contributed by atoms with van der Waals surface area (Å²) < 4.78 is 34.2. The molecule has 3 atom stereocenters. The molecule has 0 spiro atoms. The summed E-state index contributed by atoms with van der Waals surface area (Å²) in [5.74, 6) is -2.51. The van der Waals surface area contributed by atoms with Gasteiger partial charge in [0.25, 0.3) is 5.91 Å². The molecule has 1 fully saturated rings. The Bertz CT molecular complexity index is 1210. The third-order valence-electron chi connectivity index (χ3n) is 6.33. The summed E-state index contributed by atoms with van der Waals surface area (Å²) in [6, 6.07) is 12.7. The van der Waals surface area contributed by atoms with E-state index in [1.54, 1.807) is 20.1 Å². The number of carbonyl (C=O) groups excluding carboxylic acids is 1.